The first kappa shape index (κ1) is 18.1. The predicted octanol–water partition coefficient (Wildman–Crippen LogP) is 3.96. The number of benzene rings is 2. The van der Waals surface area contributed by atoms with E-state index in [0.717, 1.165) is 34.6 Å². The lowest BCUT2D eigenvalue weighted by Gasteiger charge is -2.26. The quantitative estimate of drug-likeness (QED) is 0.668. The fraction of sp³-hybridized carbons (Fsp3) is 0.136. The molecule has 2 heterocycles. The maximum Gasteiger partial charge on any atom is 0.346 e. The molecule has 3 aromatic rings. The molecule has 0 bridgehead atoms. The number of thiophene rings is 1. The monoisotopic (exact) mass is 391 g/mol. The lowest BCUT2D eigenvalue weighted by atomic mass is 9.99. The smallest absolute Gasteiger partial charge is 0.346 e. The van der Waals surface area contributed by atoms with Crippen LogP contribution >= 0.6 is 11.3 Å². The van der Waals surface area contributed by atoms with Gasteiger partial charge in [0.25, 0.3) is 5.91 Å². The van der Waals surface area contributed by atoms with E-state index in [1.54, 1.807) is 11.4 Å². The van der Waals surface area contributed by atoms with Gasteiger partial charge in [0.15, 0.2) is 0 Å². The van der Waals surface area contributed by atoms with Crippen LogP contribution in [-0.4, -0.2) is 22.9 Å². The van der Waals surface area contributed by atoms with Gasteiger partial charge >= 0.3 is 5.97 Å². The molecule has 4 rings (SSSR count). The van der Waals surface area contributed by atoms with Crippen LogP contribution in [0.25, 0.3) is 0 Å². The molecule has 6 heteroatoms. The Morgan fingerprint density at radius 2 is 1.71 bits per heavy atom. The second-order valence-electron chi connectivity index (χ2n) is 6.64. The summed E-state index contributed by atoms with van der Waals surface area (Å²) in [6.07, 6.45) is 1.65. The van der Waals surface area contributed by atoms with E-state index in [1.165, 1.54) is 5.56 Å². The summed E-state index contributed by atoms with van der Waals surface area (Å²) >= 11 is 0.986. The number of amides is 2. The summed E-state index contributed by atoms with van der Waals surface area (Å²) in [5.41, 5.74) is 3.33. The minimum Gasteiger partial charge on any atom is -0.477 e. The van der Waals surface area contributed by atoms with Crippen molar-refractivity contribution in [2.75, 3.05) is 4.90 Å². The van der Waals surface area contributed by atoms with Crippen LogP contribution in [0.15, 0.2) is 60.0 Å². The molecule has 1 aliphatic rings. The number of carbonyl (C=O) groups excluding carboxylic acids is 2. The summed E-state index contributed by atoms with van der Waals surface area (Å²) in [6, 6.07) is 17.4. The maximum atomic E-state index is 13.0. The van der Waals surface area contributed by atoms with Gasteiger partial charge in [-0.05, 0) is 47.0 Å². The Kier molecular flexibility index (Phi) is 4.79. The topological polar surface area (TPSA) is 74.7 Å². The second kappa shape index (κ2) is 7.40. The van der Waals surface area contributed by atoms with Gasteiger partial charge in [0.2, 0.25) is 5.91 Å². The number of carboxylic acids is 1. The Morgan fingerprint density at radius 1 is 1.00 bits per heavy atom. The van der Waals surface area contributed by atoms with Crippen LogP contribution in [-0.2, 0) is 24.1 Å². The molecule has 2 aromatic carbocycles. The SMILES string of the molecule is O=C(O)c1scc2c1C(=O)N(c1cccc(CCc3ccccc3)c1)C(=O)C2. The molecule has 5 nitrogen and oxygen atoms in total. The van der Waals surface area contributed by atoms with E-state index in [2.05, 4.69) is 12.1 Å². The standard InChI is InChI=1S/C22H17NO4S/c24-18-12-16-13-28-20(22(26)27)19(16)21(25)23(18)17-8-4-7-15(11-17)10-9-14-5-2-1-3-6-14/h1-8,11,13H,9-10,12H2,(H,26,27). The van der Waals surface area contributed by atoms with Crippen LogP contribution in [0, 0.1) is 0 Å². The maximum absolute atomic E-state index is 13.0. The summed E-state index contributed by atoms with van der Waals surface area (Å²) < 4.78 is 0. The number of rotatable bonds is 5. The van der Waals surface area contributed by atoms with Crippen LogP contribution in [0.4, 0.5) is 5.69 Å². The number of hydrogen-bond acceptors (Lipinski definition) is 4. The Morgan fingerprint density at radius 3 is 2.46 bits per heavy atom. The molecule has 0 atom stereocenters. The molecule has 140 valence electrons. The van der Waals surface area contributed by atoms with Crippen molar-refractivity contribution in [2.24, 2.45) is 0 Å². The highest BCUT2D eigenvalue weighted by Gasteiger charge is 2.36. The van der Waals surface area contributed by atoms with Crippen molar-refractivity contribution in [3.63, 3.8) is 0 Å². The zero-order valence-corrected chi connectivity index (χ0v) is 15.7. The first-order valence-corrected chi connectivity index (χ1v) is 9.76. The van der Waals surface area contributed by atoms with Crippen LogP contribution < -0.4 is 4.90 Å². The van der Waals surface area contributed by atoms with Crippen LogP contribution in [0.3, 0.4) is 0 Å². The predicted molar refractivity (Wildman–Crippen MR) is 107 cm³/mol. The molecule has 0 saturated carbocycles. The van der Waals surface area contributed by atoms with E-state index in [4.69, 9.17) is 0 Å². The summed E-state index contributed by atoms with van der Waals surface area (Å²) in [5, 5.41) is 10.9. The first-order valence-electron chi connectivity index (χ1n) is 8.88. The van der Waals surface area contributed by atoms with Crippen molar-refractivity contribution in [1.29, 1.82) is 0 Å². The number of aromatic carboxylic acids is 1. The van der Waals surface area contributed by atoms with E-state index in [1.807, 2.05) is 36.4 Å². The van der Waals surface area contributed by atoms with E-state index in [9.17, 15) is 19.5 Å². The van der Waals surface area contributed by atoms with E-state index in [-0.39, 0.29) is 22.8 Å². The van der Waals surface area contributed by atoms with Crippen molar-refractivity contribution < 1.29 is 19.5 Å². The molecule has 1 N–H and O–H groups in total. The average molecular weight is 391 g/mol. The van der Waals surface area contributed by atoms with Gasteiger partial charge in [0.1, 0.15) is 4.88 Å². The van der Waals surface area contributed by atoms with Gasteiger partial charge in [0.05, 0.1) is 17.7 Å². The van der Waals surface area contributed by atoms with Crippen molar-refractivity contribution in [2.45, 2.75) is 19.3 Å². The molecular weight excluding hydrogens is 374 g/mol. The molecule has 0 unspecified atom stereocenters. The van der Waals surface area contributed by atoms with Gasteiger partial charge in [-0.25, -0.2) is 9.69 Å². The number of fused-ring (bicyclic) bond motifs is 1. The molecule has 1 aliphatic heterocycles. The molecule has 0 saturated heterocycles. The van der Waals surface area contributed by atoms with Gasteiger partial charge in [-0.3, -0.25) is 9.59 Å². The van der Waals surface area contributed by atoms with E-state index >= 15 is 0 Å². The Bertz CT molecular complexity index is 1070. The normalized spacial score (nSPS) is 13.5. The molecule has 1 aromatic heterocycles. The molecule has 0 radical (unpaired) electrons. The lowest BCUT2D eigenvalue weighted by Crippen LogP contribution is -2.42. The summed E-state index contributed by atoms with van der Waals surface area (Å²) in [6.45, 7) is 0. The third-order valence-electron chi connectivity index (χ3n) is 4.78. The highest BCUT2D eigenvalue weighted by molar-refractivity contribution is 7.12. The number of aryl methyl sites for hydroxylation is 2. The summed E-state index contributed by atoms with van der Waals surface area (Å²) in [4.78, 5) is 38.1. The van der Waals surface area contributed by atoms with Crippen molar-refractivity contribution in [3.8, 4) is 0 Å². The van der Waals surface area contributed by atoms with Gasteiger partial charge in [-0.2, -0.15) is 0 Å². The fourth-order valence-corrected chi connectivity index (χ4v) is 4.33. The number of imide groups is 1. The number of carboxylic acid groups (broad SMARTS) is 1. The van der Waals surface area contributed by atoms with Crippen LogP contribution in [0.5, 0.6) is 0 Å². The minimum atomic E-state index is -1.15. The van der Waals surface area contributed by atoms with Crippen LogP contribution in [0.1, 0.15) is 36.7 Å². The third kappa shape index (κ3) is 3.34. The minimum absolute atomic E-state index is 0.0160. The molecular formula is C22H17NO4S. The Labute approximate surface area is 165 Å². The molecule has 0 spiro atoms. The van der Waals surface area contributed by atoms with Crippen molar-refractivity contribution in [1.82, 2.24) is 0 Å². The number of anilines is 1. The highest BCUT2D eigenvalue weighted by atomic mass is 32.1. The number of nitrogens with zero attached hydrogens (tertiary/aromatic N) is 1. The molecule has 28 heavy (non-hydrogen) atoms. The van der Waals surface area contributed by atoms with Crippen molar-refractivity contribution in [3.05, 3.63) is 87.1 Å². The molecule has 2 amide bonds. The zero-order valence-electron chi connectivity index (χ0n) is 14.9. The van der Waals surface area contributed by atoms with E-state index < -0.39 is 11.9 Å². The molecule has 0 aliphatic carbocycles. The highest BCUT2D eigenvalue weighted by Crippen LogP contribution is 2.32. The van der Waals surface area contributed by atoms with Gasteiger partial charge in [-0.15, -0.1) is 11.3 Å². The summed E-state index contributed by atoms with van der Waals surface area (Å²) in [5.74, 6) is -2.05. The Hall–Kier alpha value is -3.25. The van der Waals surface area contributed by atoms with Crippen molar-refractivity contribution >= 4 is 34.8 Å². The largest absolute Gasteiger partial charge is 0.477 e. The fourth-order valence-electron chi connectivity index (χ4n) is 3.43. The van der Waals surface area contributed by atoms with Gasteiger partial charge in [-0.1, -0.05) is 42.5 Å². The summed E-state index contributed by atoms with van der Waals surface area (Å²) in [7, 11) is 0. The van der Waals surface area contributed by atoms with Gasteiger partial charge < -0.3 is 5.11 Å². The van der Waals surface area contributed by atoms with Gasteiger partial charge in [0, 0.05) is 0 Å². The lowest BCUT2D eigenvalue weighted by molar-refractivity contribution is -0.117. The first-order chi connectivity index (χ1) is 13.5. The second-order valence-corrected chi connectivity index (χ2v) is 7.52. The average Bonchev–Trinajstić information content (AvgIpc) is 3.12. The third-order valence-corrected chi connectivity index (χ3v) is 5.80. The van der Waals surface area contributed by atoms with Crippen LogP contribution in [0.2, 0.25) is 0 Å². The number of hydrogen-bond donors (Lipinski definition) is 1. The zero-order chi connectivity index (χ0) is 19.7. The Balaban J connectivity index is 1.61. The number of carbonyl (C=O) groups is 3. The van der Waals surface area contributed by atoms with E-state index in [0.29, 0.717) is 11.3 Å². The molecule has 0 fully saturated rings.